The number of hydrogen-bond acceptors (Lipinski definition) is 2. The van der Waals surface area contributed by atoms with Gasteiger partial charge in [0.15, 0.2) is 0 Å². The summed E-state index contributed by atoms with van der Waals surface area (Å²) < 4.78 is 0. The fourth-order valence-corrected chi connectivity index (χ4v) is 1.58. The molecule has 3 nitrogen and oxygen atoms in total. The van der Waals surface area contributed by atoms with Crippen molar-refractivity contribution in [2.45, 2.75) is 25.7 Å². The Hall–Kier alpha value is -1.79. The van der Waals surface area contributed by atoms with Crippen LogP contribution in [0.5, 0.6) is 0 Å². The van der Waals surface area contributed by atoms with Crippen LogP contribution in [0.2, 0.25) is 0 Å². The Labute approximate surface area is 109 Å². The molecule has 1 rings (SSSR count). The fraction of sp³-hybridized carbons (Fsp3) is 0.400. The molecule has 0 bridgehead atoms. The van der Waals surface area contributed by atoms with Crippen LogP contribution in [-0.2, 0) is 11.2 Å². The average molecular weight is 244 g/mol. The second-order valence-electron chi connectivity index (χ2n) is 4.07. The summed E-state index contributed by atoms with van der Waals surface area (Å²) >= 11 is 0. The summed E-state index contributed by atoms with van der Waals surface area (Å²) in [5, 5.41) is 2.58. The number of carbonyl (C=O) groups is 1. The molecule has 3 heteroatoms. The van der Waals surface area contributed by atoms with E-state index in [4.69, 9.17) is 5.73 Å². The minimum Gasteiger partial charge on any atom is -0.359 e. The van der Waals surface area contributed by atoms with Crippen molar-refractivity contribution in [3.63, 3.8) is 0 Å². The molecule has 0 saturated carbocycles. The second kappa shape index (κ2) is 8.32. The van der Waals surface area contributed by atoms with Gasteiger partial charge in [-0.1, -0.05) is 24.0 Å². The van der Waals surface area contributed by atoms with Crippen LogP contribution in [0, 0.1) is 11.8 Å². The molecule has 3 N–H and O–H groups in total. The Kier molecular flexibility index (Phi) is 6.60. The number of hydrogen-bond donors (Lipinski definition) is 2. The Morgan fingerprint density at radius 3 is 3.00 bits per heavy atom. The molecule has 0 aliphatic heterocycles. The van der Waals surface area contributed by atoms with Gasteiger partial charge in [-0.2, -0.15) is 0 Å². The third-order valence-electron chi connectivity index (χ3n) is 2.59. The third-order valence-corrected chi connectivity index (χ3v) is 2.59. The molecule has 0 heterocycles. The van der Waals surface area contributed by atoms with Crippen molar-refractivity contribution < 1.29 is 4.79 Å². The predicted octanol–water partition coefficient (Wildman–Crippen LogP) is 1.46. The molecule has 0 spiro atoms. The van der Waals surface area contributed by atoms with E-state index in [9.17, 15) is 4.79 Å². The summed E-state index contributed by atoms with van der Waals surface area (Å²) in [6.45, 7) is 0.710. The molecule has 0 atom stereocenters. The van der Waals surface area contributed by atoms with Gasteiger partial charge in [0, 0.05) is 25.5 Å². The molecule has 0 aliphatic carbocycles. The molecule has 96 valence electrons. The maximum atomic E-state index is 11.0. The van der Waals surface area contributed by atoms with Crippen molar-refractivity contribution in [2.24, 2.45) is 5.73 Å². The first-order chi connectivity index (χ1) is 8.76. The van der Waals surface area contributed by atoms with Crippen molar-refractivity contribution in [1.82, 2.24) is 5.32 Å². The van der Waals surface area contributed by atoms with E-state index in [1.54, 1.807) is 7.05 Å². The van der Waals surface area contributed by atoms with Gasteiger partial charge < -0.3 is 11.1 Å². The molecule has 18 heavy (non-hydrogen) atoms. The molecular weight excluding hydrogens is 224 g/mol. The van der Waals surface area contributed by atoms with Gasteiger partial charge in [-0.05, 0) is 37.1 Å². The van der Waals surface area contributed by atoms with Crippen molar-refractivity contribution in [3.8, 4) is 11.8 Å². The van der Waals surface area contributed by atoms with E-state index in [0.717, 1.165) is 18.4 Å². The molecule has 0 aromatic heterocycles. The van der Waals surface area contributed by atoms with Gasteiger partial charge in [0.25, 0.3) is 0 Å². The first-order valence-corrected chi connectivity index (χ1v) is 6.24. The van der Waals surface area contributed by atoms with Gasteiger partial charge in [0.1, 0.15) is 0 Å². The van der Waals surface area contributed by atoms with Gasteiger partial charge in [0.05, 0.1) is 0 Å². The molecular formula is C15H20N2O. The van der Waals surface area contributed by atoms with Crippen LogP contribution in [0.15, 0.2) is 24.3 Å². The maximum absolute atomic E-state index is 11.0. The Morgan fingerprint density at radius 1 is 1.44 bits per heavy atom. The molecule has 0 saturated heterocycles. The topological polar surface area (TPSA) is 55.1 Å². The molecule has 0 radical (unpaired) electrons. The first kappa shape index (κ1) is 14.3. The monoisotopic (exact) mass is 244 g/mol. The van der Waals surface area contributed by atoms with Crippen LogP contribution in [0.3, 0.4) is 0 Å². The number of benzene rings is 1. The normalized spacial score (nSPS) is 9.44. The highest BCUT2D eigenvalue weighted by atomic mass is 16.1. The number of carbonyl (C=O) groups excluding carboxylic acids is 1. The highest BCUT2D eigenvalue weighted by Gasteiger charge is 1.95. The Balaban J connectivity index is 2.51. The minimum absolute atomic E-state index is 0.0287. The predicted molar refractivity (Wildman–Crippen MR) is 74.0 cm³/mol. The Bertz CT molecular complexity index is 443. The molecule has 0 aliphatic rings. The van der Waals surface area contributed by atoms with Gasteiger partial charge >= 0.3 is 0 Å². The summed E-state index contributed by atoms with van der Waals surface area (Å²) in [5.41, 5.74) is 7.75. The van der Waals surface area contributed by atoms with E-state index in [1.165, 1.54) is 5.56 Å². The quantitative estimate of drug-likeness (QED) is 0.770. The van der Waals surface area contributed by atoms with Crippen molar-refractivity contribution in [1.29, 1.82) is 0 Å². The van der Waals surface area contributed by atoms with Crippen LogP contribution >= 0.6 is 0 Å². The SMILES string of the molecule is CNC(=O)CCC#Cc1cccc(CCCN)c1. The number of rotatable bonds is 5. The molecule has 0 fully saturated rings. The molecule has 1 aromatic carbocycles. The second-order valence-corrected chi connectivity index (χ2v) is 4.07. The summed E-state index contributed by atoms with van der Waals surface area (Å²) in [4.78, 5) is 11.0. The zero-order chi connectivity index (χ0) is 13.2. The van der Waals surface area contributed by atoms with Gasteiger partial charge in [-0.3, -0.25) is 4.79 Å². The first-order valence-electron chi connectivity index (χ1n) is 6.24. The lowest BCUT2D eigenvalue weighted by Gasteiger charge is -1.99. The standard InChI is InChI=1S/C15H20N2O/c1-17-15(18)10-3-2-6-13-7-4-8-14(12-13)9-5-11-16/h4,7-8,12H,3,5,9-11,16H2,1H3,(H,17,18). The van der Waals surface area contributed by atoms with Crippen LogP contribution < -0.4 is 11.1 Å². The van der Waals surface area contributed by atoms with E-state index in [2.05, 4.69) is 29.3 Å². The van der Waals surface area contributed by atoms with Crippen molar-refractivity contribution >= 4 is 5.91 Å². The van der Waals surface area contributed by atoms with E-state index in [-0.39, 0.29) is 5.91 Å². The summed E-state index contributed by atoms with van der Waals surface area (Å²) in [5.74, 6) is 6.12. The van der Waals surface area contributed by atoms with E-state index < -0.39 is 0 Å². The van der Waals surface area contributed by atoms with Gasteiger partial charge in [0.2, 0.25) is 5.91 Å². The largest absolute Gasteiger partial charge is 0.359 e. The van der Waals surface area contributed by atoms with Crippen molar-refractivity contribution in [2.75, 3.05) is 13.6 Å². The smallest absolute Gasteiger partial charge is 0.220 e. The van der Waals surface area contributed by atoms with Crippen LogP contribution in [-0.4, -0.2) is 19.5 Å². The van der Waals surface area contributed by atoms with E-state index in [1.807, 2.05) is 12.1 Å². The van der Waals surface area contributed by atoms with Crippen molar-refractivity contribution in [3.05, 3.63) is 35.4 Å². The number of nitrogens with one attached hydrogen (secondary N) is 1. The summed E-state index contributed by atoms with van der Waals surface area (Å²) in [6.07, 6.45) is 3.03. The summed E-state index contributed by atoms with van der Waals surface area (Å²) in [6, 6.07) is 8.17. The minimum atomic E-state index is 0.0287. The van der Waals surface area contributed by atoms with Gasteiger partial charge in [-0.15, -0.1) is 0 Å². The lowest BCUT2D eigenvalue weighted by atomic mass is 10.1. The number of amides is 1. The summed E-state index contributed by atoms with van der Waals surface area (Å²) in [7, 11) is 1.64. The highest BCUT2D eigenvalue weighted by molar-refractivity contribution is 5.75. The number of aryl methyl sites for hydroxylation is 1. The van der Waals surface area contributed by atoms with Crippen LogP contribution in [0.4, 0.5) is 0 Å². The average Bonchev–Trinajstić information content (AvgIpc) is 2.41. The molecule has 0 unspecified atom stereocenters. The lowest BCUT2D eigenvalue weighted by molar-refractivity contribution is -0.120. The Morgan fingerprint density at radius 2 is 2.28 bits per heavy atom. The van der Waals surface area contributed by atoms with Crippen LogP contribution in [0.1, 0.15) is 30.4 Å². The lowest BCUT2D eigenvalue weighted by Crippen LogP contribution is -2.16. The zero-order valence-corrected chi connectivity index (χ0v) is 10.8. The zero-order valence-electron chi connectivity index (χ0n) is 10.8. The fourth-order valence-electron chi connectivity index (χ4n) is 1.58. The van der Waals surface area contributed by atoms with Gasteiger partial charge in [-0.25, -0.2) is 0 Å². The molecule has 1 amide bonds. The third kappa shape index (κ3) is 5.51. The number of nitrogens with two attached hydrogens (primary N) is 1. The molecule has 1 aromatic rings. The van der Waals surface area contributed by atoms with E-state index >= 15 is 0 Å². The highest BCUT2D eigenvalue weighted by Crippen LogP contribution is 2.06. The maximum Gasteiger partial charge on any atom is 0.220 e. The van der Waals surface area contributed by atoms with E-state index in [0.29, 0.717) is 19.4 Å². The van der Waals surface area contributed by atoms with Crippen LogP contribution in [0.25, 0.3) is 0 Å².